The molecule has 0 bridgehead atoms. The molecule has 0 radical (unpaired) electrons. The Morgan fingerprint density at radius 3 is 2.32 bits per heavy atom. The van der Waals surface area contributed by atoms with Crippen LogP contribution in [0.1, 0.15) is 21.6 Å². The molecule has 1 amide bonds. The van der Waals surface area contributed by atoms with Crippen LogP contribution in [-0.4, -0.2) is 67.0 Å². The number of nitrogens with one attached hydrogen (secondary N) is 1. The average Bonchev–Trinajstić information content (AvgIpc) is 2.69. The fourth-order valence-electron chi connectivity index (χ4n) is 3.02. The minimum atomic E-state index is -3.76. The average molecular weight is 406 g/mol. The number of rotatable bonds is 4. The lowest BCUT2D eigenvalue weighted by molar-refractivity contribution is 0.0690. The van der Waals surface area contributed by atoms with E-state index in [9.17, 15) is 18.0 Å². The molecule has 1 fully saturated rings. The maximum atomic E-state index is 13.1. The topological polar surface area (TPSA) is 113 Å². The fourth-order valence-corrected chi connectivity index (χ4v) is 4.66. The second kappa shape index (κ2) is 7.72. The summed E-state index contributed by atoms with van der Waals surface area (Å²) in [7, 11) is -2.31. The molecule has 1 saturated heterocycles. The van der Waals surface area contributed by atoms with E-state index in [0.29, 0.717) is 5.75 Å². The normalized spacial score (nSPS) is 15.5. The van der Waals surface area contributed by atoms with Crippen LogP contribution in [-0.2, 0) is 10.0 Å². The number of carbonyl (C=O) groups excluding carboxylic acids is 1. The lowest BCUT2D eigenvalue weighted by atomic mass is 10.1. The number of aromatic nitrogens is 2. The van der Waals surface area contributed by atoms with Gasteiger partial charge in [-0.3, -0.25) is 9.59 Å². The largest absolute Gasteiger partial charge is 0.495 e. The Morgan fingerprint density at radius 2 is 1.75 bits per heavy atom. The minimum absolute atomic E-state index is 0.117. The fraction of sp³-hybridized carbons (Fsp3) is 0.389. The number of hydrogen-bond acceptors (Lipinski definition) is 6. The molecule has 0 saturated carbocycles. The van der Waals surface area contributed by atoms with Crippen molar-refractivity contribution in [3.63, 3.8) is 0 Å². The predicted molar refractivity (Wildman–Crippen MR) is 102 cm³/mol. The molecule has 3 rings (SSSR count). The summed E-state index contributed by atoms with van der Waals surface area (Å²) in [6.45, 7) is 4.52. The maximum Gasteiger partial charge on any atom is 0.274 e. The Hall–Kier alpha value is -2.72. The molecule has 0 atom stereocenters. The molecular formula is C18H22N4O5S. The first-order valence-corrected chi connectivity index (χ1v) is 10.2. The van der Waals surface area contributed by atoms with Gasteiger partial charge < -0.3 is 9.64 Å². The van der Waals surface area contributed by atoms with E-state index < -0.39 is 15.6 Å². The summed E-state index contributed by atoms with van der Waals surface area (Å²) in [5, 5.41) is 5.96. The summed E-state index contributed by atoms with van der Waals surface area (Å²) in [5.74, 6) is -0.0453. The van der Waals surface area contributed by atoms with Gasteiger partial charge in [0.15, 0.2) is 0 Å². The number of benzene rings is 1. The van der Waals surface area contributed by atoms with Gasteiger partial charge in [-0.2, -0.15) is 9.40 Å². The van der Waals surface area contributed by atoms with E-state index in [1.165, 1.54) is 28.4 Å². The Bertz CT molecular complexity index is 1040. The Kier molecular flexibility index (Phi) is 5.52. The first kappa shape index (κ1) is 20.0. The zero-order valence-corrected chi connectivity index (χ0v) is 16.7. The zero-order chi connectivity index (χ0) is 20.5. The summed E-state index contributed by atoms with van der Waals surface area (Å²) in [4.78, 5) is 25.2. The number of methoxy groups -OCH3 is 1. The minimum Gasteiger partial charge on any atom is -0.495 e. The molecule has 2 aromatic rings. The van der Waals surface area contributed by atoms with Gasteiger partial charge >= 0.3 is 0 Å². The van der Waals surface area contributed by atoms with E-state index in [-0.39, 0.29) is 42.7 Å². The molecule has 28 heavy (non-hydrogen) atoms. The number of sulfonamides is 1. The highest BCUT2D eigenvalue weighted by Gasteiger charge is 2.33. The highest BCUT2D eigenvalue weighted by Crippen LogP contribution is 2.30. The lowest BCUT2D eigenvalue weighted by Crippen LogP contribution is -2.50. The van der Waals surface area contributed by atoms with Crippen LogP contribution in [0.2, 0.25) is 0 Å². The van der Waals surface area contributed by atoms with Gasteiger partial charge in [-0.15, -0.1) is 0 Å². The van der Waals surface area contributed by atoms with Crippen LogP contribution in [0.15, 0.2) is 34.0 Å². The number of nitrogens with zero attached hydrogens (tertiary/aromatic N) is 3. The highest BCUT2D eigenvalue weighted by molar-refractivity contribution is 7.89. The summed E-state index contributed by atoms with van der Waals surface area (Å²) in [6.07, 6.45) is 0. The number of hydrogen-bond donors (Lipinski definition) is 1. The lowest BCUT2D eigenvalue weighted by Gasteiger charge is -2.34. The molecule has 1 N–H and O–H groups in total. The van der Waals surface area contributed by atoms with E-state index in [2.05, 4.69) is 10.2 Å². The molecule has 0 spiro atoms. The molecule has 0 aliphatic carbocycles. The molecule has 1 aromatic heterocycles. The van der Waals surface area contributed by atoms with E-state index >= 15 is 0 Å². The molecule has 0 unspecified atom stereocenters. The number of H-pyrrole nitrogens is 1. The van der Waals surface area contributed by atoms with Gasteiger partial charge in [-0.1, -0.05) is 0 Å². The molecule has 1 aliphatic heterocycles. The Labute approximate surface area is 163 Å². The van der Waals surface area contributed by atoms with Crippen LogP contribution >= 0.6 is 0 Å². The first-order valence-electron chi connectivity index (χ1n) is 8.74. The predicted octanol–water partition coefficient (Wildman–Crippen LogP) is 0.542. The van der Waals surface area contributed by atoms with E-state index in [0.717, 1.165) is 11.1 Å². The molecule has 10 heteroatoms. The van der Waals surface area contributed by atoms with Gasteiger partial charge in [0, 0.05) is 32.2 Å². The number of carbonyl (C=O) groups is 1. The van der Waals surface area contributed by atoms with Gasteiger partial charge in [0.2, 0.25) is 10.0 Å². The quantitative estimate of drug-likeness (QED) is 0.793. The van der Waals surface area contributed by atoms with Crippen molar-refractivity contribution in [1.82, 2.24) is 19.4 Å². The van der Waals surface area contributed by atoms with Gasteiger partial charge in [0.25, 0.3) is 11.5 Å². The monoisotopic (exact) mass is 406 g/mol. The van der Waals surface area contributed by atoms with Gasteiger partial charge in [-0.05, 0) is 43.2 Å². The van der Waals surface area contributed by atoms with Crippen LogP contribution in [0.3, 0.4) is 0 Å². The summed E-state index contributed by atoms with van der Waals surface area (Å²) >= 11 is 0. The van der Waals surface area contributed by atoms with Crippen molar-refractivity contribution in [2.75, 3.05) is 33.3 Å². The number of amides is 1. The van der Waals surface area contributed by atoms with Crippen LogP contribution in [0.4, 0.5) is 0 Å². The maximum absolute atomic E-state index is 13.1. The Balaban J connectivity index is 1.77. The van der Waals surface area contributed by atoms with Crippen LogP contribution < -0.4 is 10.3 Å². The summed E-state index contributed by atoms with van der Waals surface area (Å²) in [5.41, 5.74) is 1.53. The van der Waals surface area contributed by atoms with Crippen LogP contribution in [0.5, 0.6) is 5.75 Å². The van der Waals surface area contributed by atoms with Crippen molar-refractivity contribution in [3.8, 4) is 5.75 Å². The van der Waals surface area contributed by atoms with Crippen molar-refractivity contribution in [1.29, 1.82) is 0 Å². The number of ether oxygens (including phenoxy) is 1. The van der Waals surface area contributed by atoms with Gasteiger partial charge in [-0.25, -0.2) is 13.5 Å². The molecule has 150 valence electrons. The van der Waals surface area contributed by atoms with Gasteiger partial charge in [0.1, 0.15) is 16.3 Å². The third-order valence-corrected chi connectivity index (χ3v) is 6.74. The summed E-state index contributed by atoms with van der Waals surface area (Å²) < 4.78 is 32.8. The SMILES string of the molecule is COc1cc(C)c(C)cc1S(=O)(=O)N1CCN(C(=O)c2ccc(=O)[nH]n2)CC1. The van der Waals surface area contributed by atoms with Crippen LogP contribution in [0, 0.1) is 13.8 Å². The standard InChI is InChI=1S/C18H22N4O5S/c1-12-10-15(27-3)16(11-13(12)2)28(25,26)22-8-6-21(7-9-22)18(24)14-4-5-17(23)20-19-14/h4-5,10-11H,6-9H2,1-3H3,(H,20,23). The second-order valence-electron chi connectivity index (χ2n) is 6.59. The highest BCUT2D eigenvalue weighted by atomic mass is 32.2. The summed E-state index contributed by atoms with van der Waals surface area (Å²) in [6, 6.07) is 5.91. The first-order chi connectivity index (χ1) is 13.2. The number of piperazine rings is 1. The van der Waals surface area contributed by atoms with Crippen molar-refractivity contribution < 1.29 is 17.9 Å². The molecular weight excluding hydrogens is 384 g/mol. The molecule has 2 heterocycles. The molecule has 1 aliphatic rings. The molecule has 9 nitrogen and oxygen atoms in total. The zero-order valence-electron chi connectivity index (χ0n) is 15.9. The third kappa shape index (κ3) is 3.78. The van der Waals surface area contributed by atoms with E-state index in [1.54, 1.807) is 12.1 Å². The van der Waals surface area contributed by atoms with Crippen molar-refractivity contribution >= 4 is 15.9 Å². The van der Waals surface area contributed by atoms with Crippen molar-refractivity contribution in [3.05, 3.63) is 51.4 Å². The van der Waals surface area contributed by atoms with E-state index in [4.69, 9.17) is 4.74 Å². The molecule has 1 aromatic carbocycles. The van der Waals surface area contributed by atoms with Crippen molar-refractivity contribution in [2.24, 2.45) is 0 Å². The second-order valence-corrected chi connectivity index (χ2v) is 8.50. The third-order valence-electron chi connectivity index (χ3n) is 4.82. The number of aryl methyl sites for hydroxylation is 2. The number of aromatic amines is 1. The Morgan fingerprint density at radius 1 is 1.11 bits per heavy atom. The smallest absolute Gasteiger partial charge is 0.274 e. The van der Waals surface area contributed by atoms with Crippen LogP contribution in [0.25, 0.3) is 0 Å². The van der Waals surface area contributed by atoms with Crippen molar-refractivity contribution in [2.45, 2.75) is 18.7 Å². The van der Waals surface area contributed by atoms with E-state index in [1.807, 2.05) is 13.8 Å². The van der Waals surface area contributed by atoms with Gasteiger partial charge in [0.05, 0.1) is 7.11 Å².